The fourth-order valence-corrected chi connectivity index (χ4v) is 2.61. The summed E-state index contributed by atoms with van der Waals surface area (Å²) in [7, 11) is 0. The van der Waals surface area contributed by atoms with Gasteiger partial charge in [0.2, 0.25) is 0 Å². The van der Waals surface area contributed by atoms with Gasteiger partial charge >= 0.3 is 5.97 Å². The summed E-state index contributed by atoms with van der Waals surface area (Å²) in [5.41, 5.74) is 1.41. The Morgan fingerprint density at radius 3 is 2.70 bits per heavy atom. The zero-order chi connectivity index (χ0) is 15.0. The predicted molar refractivity (Wildman–Crippen MR) is 86.2 cm³/mol. The molecule has 0 amide bonds. The maximum Gasteiger partial charge on any atom is 0.335 e. The van der Waals surface area contributed by atoms with E-state index in [1.165, 1.54) is 32.1 Å². The Bertz CT molecular complexity index is 434. The van der Waals surface area contributed by atoms with Crippen molar-refractivity contribution in [3.8, 4) is 0 Å². The first-order valence-corrected chi connectivity index (χ1v) is 8.09. The van der Waals surface area contributed by atoms with Gasteiger partial charge in [-0.15, -0.1) is 0 Å². The largest absolute Gasteiger partial charge is 0.478 e. The van der Waals surface area contributed by atoms with Crippen molar-refractivity contribution < 1.29 is 9.90 Å². The number of hydrogen-bond acceptors (Lipinski definition) is 2. The van der Waals surface area contributed by atoms with Gasteiger partial charge < -0.3 is 10.4 Å². The van der Waals surface area contributed by atoms with Gasteiger partial charge in [0.1, 0.15) is 0 Å². The average molecular weight is 342 g/mol. The van der Waals surface area contributed by atoms with Gasteiger partial charge in [-0.25, -0.2) is 4.79 Å². The zero-order valence-corrected chi connectivity index (χ0v) is 13.9. The molecule has 1 aromatic carbocycles. The Labute approximate surface area is 129 Å². The van der Waals surface area contributed by atoms with Crippen LogP contribution in [0.15, 0.2) is 22.7 Å². The van der Waals surface area contributed by atoms with Crippen LogP contribution in [0.1, 0.15) is 61.9 Å². The smallest absolute Gasteiger partial charge is 0.335 e. The number of benzene rings is 1. The lowest BCUT2D eigenvalue weighted by molar-refractivity contribution is 0.0697. The van der Waals surface area contributed by atoms with Crippen molar-refractivity contribution >= 4 is 21.9 Å². The molecule has 112 valence electrons. The second-order valence-electron chi connectivity index (χ2n) is 5.24. The Hall–Kier alpha value is -0.870. The Kier molecular flexibility index (Phi) is 7.85. The summed E-state index contributed by atoms with van der Waals surface area (Å²) in [4.78, 5) is 10.9. The summed E-state index contributed by atoms with van der Waals surface area (Å²) in [5.74, 6) is -0.894. The highest BCUT2D eigenvalue weighted by Gasteiger charge is 2.08. The number of carboxylic acids is 1. The standard InChI is InChI=1S/C16H24BrNO2/c1-3-4-5-6-7-12(2)18-11-14-9-8-13(16(19)20)10-15(14)17/h8-10,12,18H,3-7,11H2,1-2H3,(H,19,20). The van der Waals surface area contributed by atoms with Crippen LogP contribution in [0.4, 0.5) is 0 Å². The lowest BCUT2D eigenvalue weighted by atomic mass is 10.1. The number of rotatable bonds is 9. The van der Waals surface area contributed by atoms with E-state index in [4.69, 9.17) is 5.11 Å². The van der Waals surface area contributed by atoms with Crippen molar-refractivity contribution in [2.24, 2.45) is 0 Å². The first-order valence-electron chi connectivity index (χ1n) is 7.29. The highest BCUT2D eigenvalue weighted by Crippen LogP contribution is 2.19. The van der Waals surface area contributed by atoms with E-state index in [1.807, 2.05) is 6.07 Å². The van der Waals surface area contributed by atoms with Crippen LogP contribution in [0.25, 0.3) is 0 Å². The van der Waals surface area contributed by atoms with Crippen molar-refractivity contribution in [2.45, 2.75) is 58.5 Å². The maximum atomic E-state index is 10.9. The minimum Gasteiger partial charge on any atom is -0.478 e. The van der Waals surface area contributed by atoms with E-state index in [0.717, 1.165) is 16.6 Å². The number of unbranched alkanes of at least 4 members (excludes halogenated alkanes) is 3. The van der Waals surface area contributed by atoms with E-state index in [1.54, 1.807) is 12.1 Å². The fourth-order valence-electron chi connectivity index (χ4n) is 2.09. The summed E-state index contributed by atoms with van der Waals surface area (Å²) < 4.78 is 0.850. The number of halogens is 1. The zero-order valence-electron chi connectivity index (χ0n) is 12.3. The third kappa shape index (κ3) is 6.06. The van der Waals surface area contributed by atoms with Gasteiger partial charge in [-0.1, -0.05) is 54.6 Å². The van der Waals surface area contributed by atoms with Gasteiger partial charge in [0.25, 0.3) is 0 Å². The molecule has 0 saturated heterocycles. The van der Waals surface area contributed by atoms with Gasteiger partial charge in [-0.05, 0) is 31.0 Å². The van der Waals surface area contributed by atoms with E-state index in [9.17, 15) is 4.79 Å². The molecule has 0 bridgehead atoms. The van der Waals surface area contributed by atoms with Crippen molar-refractivity contribution in [1.82, 2.24) is 5.32 Å². The van der Waals surface area contributed by atoms with E-state index < -0.39 is 5.97 Å². The lowest BCUT2D eigenvalue weighted by Gasteiger charge is -2.14. The third-order valence-corrected chi connectivity index (χ3v) is 4.17. The molecule has 2 N–H and O–H groups in total. The van der Waals surface area contributed by atoms with Crippen molar-refractivity contribution in [3.05, 3.63) is 33.8 Å². The highest BCUT2D eigenvalue weighted by atomic mass is 79.9. The van der Waals surface area contributed by atoms with Crippen LogP contribution < -0.4 is 5.32 Å². The molecule has 1 unspecified atom stereocenters. The van der Waals surface area contributed by atoms with E-state index >= 15 is 0 Å². The highest BCUT2D eigenvalue weighted by molar-refractivity contribution is 9.10. The number of carboxylic acid groups (broad SMARTS) is 1. The predicted octanol–water partition coefficient (Wildman–Crippen LogP) is 4.60. The van der Waals surface area contributed by atoms with Crippen molar-refractivity contribution in [2.75, 3.05) is 0 Å². The Morgan fingerprint density at radius 1 is 1.35 bits per heavy atom. The van der Waals surface area contributed by atoms with Crippen molar-refractivity contribution in [3.63, 3.8) is 0 Å². The van der Waals surface area contributed by atoms with Crippen molar-refractivity contribution in [1.29, 1.82) is 0 Å². The Morgan fingerprint density at radius 2 is 2.10 bits per heavy atom. The van der Waals surface area contributed by atoms with Gasteiger partial charge in [0.05, 0.1) is 5.56 Å². The molecule has 0 aliphatic heterocycles. The van der Waals surface area contributed by atoms with Gasteiger partial charge in [-0.3, -0.25) is 0 Å². The van der Waals surface area contributed by atoms with Crippen LogP contribution in [0.3, 0.4) is 0 Å². The molecular formula is C16H24BrNO2. The summed E-state index contributed by atoms with van der Waals surface area (Å²) in [5, 5.41) is 12.4. The summed E-state index contributed by atoms with van der Waals surface area (Å²) in [6.45, 7) is 5.18. The summed E-state index contributed by atoms with van der Waals surface area (Å²) in [6, 6.07) is 5.66. The van der Waals surface area contributed by atoms with Crippen LogP contribution in [0.5, 0.6) is 0 Å². The molecule has 0 spiro atoms. The second-order valence-corrected chi connectivity index (χ2v) is 6.10. The van der Waals surface area contributed by atoms with E-state index in [-0.39, 0.29) is 0 Å². The average Bonchev–Trinajstić information content (AvgIpc) is 2.42. The lowest BCUT2D eigenvalue weighted by Crippen LogP contribution is -2.25. The van der Waals surface area contributed by atoms with Crippen LogP contribution in [0, 0.1) is 0 Å². The molecule has 0 aromatic heterocycles. The molecule has 1 aromatic rings. The van der Waals surface area contributed by atoms with Crippen LogP contribution in [0.2, 0.25) is 0 Å². The molecule has 0 aliphatic carbocycles. The van der Waals surface area contributed by atoms with Crippen LogP contribution >= 0.6 is 15.9 Å². The molecule has 0 fully saturated rings. The Balaban J connectivity index is 2.39. The molecule has 0 radical (unpaired) electrons. The fraction of sp³-hybridized carbons (Fsp3) is 0.562. The van der Waals surface area contributed by atoms with Crippen LogP contribution in [-0.4, -0.2) is 17.1 Å². The van der Waals surface area contributed by atoms with Gasteiger partial charge in [0.15, 0.2) is 0 Å². The number of nitrogens with one attached hydrogen (secondary N) is 1. The minimum atomic E-state index is -0.894. The molecular weight excluding hydrogens is 318 g/mol. The molecule has 1 rings (SSSR count). The molecule has 4 heteroatoms. The minimum absolute atomic E-state index is 0.313. The molecule has 0 heterocycles. The molecule has 0 saturated carbocycles. The third-order valence-electron chi connectivity index (χ3n) is 3.43. The number of carbonyl (C=O) groups is 1. The number of aromatic carboxylic acids is 1. The van der Waals surface area contributed by atoms with E-state index in [0.29, 0.717) is 11.6 Å². The van der Waals surface area contributed by atoms with E-state index in [2.05, 4.69) is 35.1 Å². The maximum absolute atomic E-state index is 10.9. The molecule has 3 nitrogen and oxygen atoms in total. The topological polar surface area (TPSA) is 49.3 Å². The quantitative estimate of drug-likeness (QED) is 0.645. The number of hydrogen-bond donors (Lipinski definition) is 2. The molecule has 20 heavy (non-hydrogen) atoms. The SMILES string of the molecule is CCCCCCC(C)NCc1ccc(C(=O)O)cc1Br. The monoisotopic (exact) mass is 341 g/mol. The normalized spacial score (nSPS) is 12.3. The second kappa shape index (κ2) is 9.14. The first-order chi connectivity index (χ1) is 9.54. The summed E-state index contributed by atoms with van der Waals surface area (Å²) >= 11 is 3.44. The first kappa shape index (κ1) is 17.2. The molecule has 0 aliphatic rings. The summed E-state index contributed by atoms with van der Waals surface area (Å²) in [6.07, 6.45) is 6.34. The van der Waals surface area contributed by atoms with Gasteiger partial charge in [0, 0.05) is 17.1 Å². The van der Waals surface area contributed by atoms with Gasteiger partial charge in [-0.2, -0.15) is 0 Å². The van der Waals surface area contributed by atoms with Crippen LogP contribution in [-0.2, 0) is 6.54 Å². The molecule has 1 atom stereocenters.